The Bertz CT molecular complexity index is 797. The van der Waals surface area contributed by atoms with Crippen molar-refractivity contribution in [1.29, 1.82) is 0 Å². The smallest absolute Gasteiger partial charge is 0.247 e. The van der Waals surface area contributed by atoms with Crippen molar-refractivity contribution in [3.63, 3.8) is 0 Å². The van der Waals surface area contributed by atoms with Gasteiger partial charge in [-0.15, -0.1) is 11.3 Å². The van der Waals surface area contributed by atoms with Crippen LogP contribution in [0.1, 0.15) is 67.5 Å². The summed E-state index contributed by atoms with van der Waals surface area (Å²) in [5.41, 5.74) is 1.98. The third kappa shape index (κ3) is 5.69. The Labute approximate surface area is 178 Å². The first-order valence-corrected chi connectivity index (χ1v) is 11.7. The average Bonchev–Trinajstić information content (AvgIpc) is 3.40. The molecule has 3 rings (SSSR count). The molecule has 1 saturated carbocycles. The average molecular weight is 413 g/mol. The molecule has 0 radical (unpaired) electrons. The molecule has 0 bridgehead atoms. The van der Waals surface area contributed by atoms with Crippen LogP contribution in [0.2, 0.25) is 0 Å². The predicted molar refractivity (Wildman–Crippen MR) is 119 cm³/mol. The van der Waals surface area contributed by atoms with E-state index < -0.39 is 6.04 Å². The van der Waals surface area contributed by atoms with Crippen molar-refractivity contribution < 1.29 is 9.59 Å². The summed E-state index contributed by atoms with van der Waals surface area (Å²) in [4.78, 5) is 29.7. The number of hydrogen-bond acceptors (Lipinski definition) is 3. The summed E-state index contributed by atoms with van der Waals surface area (Å²) in [5, 5.41) is 5.24. The van der Waals surface area contributed by atoms with Crippen LogP contribution in [0, 0.1) is 6.92 Å². The largest absolute Gasteiger partial charge is 0.351 e. The molecule has 1 aliphatic rings. The molecule has 0 saturated heterocycles. The number of aryl methyl sites for hydroxylation is 1. The zero-order valence-corrected chi connectivity index (χ0v) is 18.3. The van der Waals surface area contributed by atoms with Crippen molar-refractivity contribution in [3.05, 3.63) is 57.8 Å². The second-order valence-electron chi connectivity index (χ2n) is 7.95. The molecular formula is C24H32N2O2S. The highest BCUT2D eigenvalue weighted by Gasteiger charge is 2.33. The molecule has 5 heteroatoms. The van der Waals surface area contributed by atoms with Crippen LogP contribution >= 0.6 is 11.3 Å². The lowest BCUT2D eigenvalue weighted by Gasteiger charge is -2.33. The van der Waals surface area contributed by atoms with E-state index in [9.17, 15) is 9.59 Å². The molecule has 1 aromatic heterocycles. The number of rotatable bonds is 9. The van der Waals surface area contributed by atoms with E-state index in [2.05, 4.69) is 12.2 Å². The fourth-order valence-corrected chi connectivity index (χ4v) is 4.78. The highest BCUT2D eigenvalue weighted by Crippen LogP contribution is 2.28. The maximum absolute atomic E-state index is 13.5. The lowest BCUT2D eigenvalue weighted by atomic mass is 9.97. The van der Waals surface area contributed by atoms with Crippen LogP contribution in [0.25, 0.3) is 0 Å². The Morgan fingerprint density at radius 3 is 2.59 bits per heavy atom. The van der Waals surface area contributed by atoms with Gasteiger partial charge < -0.3 is 10.2 Å². The number of benzene rings is 1. The van der Waals surface area contributed by atoms with E-state index in [0.29, 0.717) is 13.0 Å². The lowest BCUT2D eigenvalue weighted by molar-refractivity contribution is -0.140. The van der Waals surface area contributed by atoms with Gasteiger partial charge in [-0.1, -0.05) is 56.5 Å². The standard InChI is InChI=1S/C24H32N2O2S/c1-3-4-15-26(22(27)17-20-13-9-16-29-20)23(21-14-8-5-10-18(21)2)24(28)25-19-11-6-7-12-19/h5,8-10,13-14,16,19,23H,3-4,6-7,11-12,15,17H2,1-2H3,(H,25,28)/t23-/m1/s1. The van der Waals surface area contributed by atoms with Crippen LogP contribution < -0.4 is 5.32 Å². The molecule has 1 atom stereocenters. The number of thiophene rings is 1. The van der Waals surface area contributed by atoms with Gasteiger partial charge in [-0.25, -0.2) is 0 Å². The molecule has 1 aromatic carbocycles. The molecule has 2 amide bonds. The highest BCUT2D eigenvalue weighted by atomic mass is 32.1. The van der Waals surface area contributed by atoms with Gasteiger partial charge in [0.2, 0.25) is 11.8 Å². The van der Waals surface area contributed by atoms with E-state index >= 15 is 0 Å². The highest BCUT2D eigenvalue weighted by molar-refractivity contribution is 7.10. The molecule has 1 fully saturated rings. The van der Waals surface area contributed by atoms with E-state index in [0.717, 1.165) is 54.5 Å². The minimum absolute atomic E-state index is 0.0238. The molecule has 1 heterocycles. The Morgan fingerprint density at radius 1 is 1.17 bits per heavy atom. The fraction of sp³-hybridized carbons (Fsp3) is 0.500. The van der Waals surface area contributed by atoms with E-state index in [1.165, 1.54) is 0 Å². The maximum Gasteiger partial charge on any atom is 0.247 e. The Hall–Kier alpha value is -2.14. The molecule has 156 valence electrons. The molecule has 2 aromatic rings. The van der Waals surface area contributed by atoms with E-state index in [-0.39, 0.29) is 17.9 Å². The monoisotopic (exact) mass is 412 g/mol. The Balaban J connectivity index is 1.91. The van der Waals surface area contributed by atoms with Gasteiger partial charge >= 0.3 is 0 Å². The van der Waals surface area contributed by atoms with Gasteiger partial charge in [-0.05, 0) is 48.8 Å². The number of nitrogens with zero attached hydrogens (tertiary/aromatic N) is 1. The molecule has 0 spiro atoms. The van der Waals surface area contributed by atoms with E-state index in [4.69, 9.17) is 0 Å². The van der Waals surface area contributed by atoms with Gasteiger partial charge in [0.1, 0.15) is 6.04 Å². The molecule has 29 heavy (non-hydrogen) atoms. The first kappa shape index (κ1) is 21.6. The van der Waals surface area contributed by atoms with E-state index in [1.54, 1.807) is 11.3 Å². The fourth-order valence-electron chi connectivity index (χ4n) is 4.08. The third-order valence-corrected chi connectivity index (χ3v) is 6.60. The Morgan fingerprint density at radius 2 is 1.93 bits per heavy atom. The minimum atomic E-state index is -0.573. The second-order valence-corrected chi connectivity index (χ2v) is 8.98. The minimum Gasteiger partial charge on any atom is -0.351 e. The number of unbranched alkanes of at least 4 members (excludes halogenated alkanes) is 1. The van der Waals surface area contributed by atoms with Crippen molar-refractivity contribution in [1.82, 2.24) is 10.2 Å². The van der Waals surface area contributed by atoms with Gasteiger partial charge in [-0.3, -0.25) is 9.59 Å². The molecular weight excluding hydrogens is 380 g/mol. The number of amides is 2. The molecule has 4 nitrogen and oxygen atoms in total. The second kappa shape index (κ2) is 10.6. The van der Waals surface area contributed by atoms with Crippen LogP contribution in [-0.2, 0) is 16.0 Å². The zero-order valence-electron chi connectivity index (χ0n) is 17.5. The predicted octanol–water partition coefficient (Wildman–Crippen LogP) is 5.03. The number of hydrogen-bond donors (Lipinski definition) is 1. The van der Waals surface area contributed by atoms with Crippen molar-refractivity contribution in [2.24, 2.45) is 0 Å². The first-order valence-electron chi connectivity index (χ1n) is 10.8. The van der Waals surface area contributed by atoms with Crippen LogP contribution in [0.15, 0.2) is 41.8 Å². The van der Waals surface area contributed by atoms with Gasteiger partial charge in [-0.2, -0.15) is 0 Å². The molecule has 1 N–H and O–H groups in total. The summed E-state index contributed by atoms with van der Waals surface area (Å²) in [6.45, 7) is 4.73. The van der Waals surface area contributed by atoms with Crippen molar-refractivity contribution in [2.75, 3.05) is 6.54 Å². The number of nitrogens with one attached hydrogen (secondary N) is 1. The summed E-state index contributed by atoms with van der Waals surface area (Å²) < 4.78 is 0. The zero-order chi connectivity index (χ0) is 20.6. The van der Waals surface area contributed by atoms with E-state index in [1.807, 2.05) is 53.6 Å². The molecule has 0 aliphatic heterocycles. The summed E-state index contributed by atoms with van der Waals surface area (Å²) in [5.74, 6) is -0.0162. The summed E-state index contributed by atoms with van der Waals surface area (Å²) in [6.07, 6.45) is 6.60. The Kier molecular flexibility index (Phi) is 7.87. The molecule has 0 unspecified atom stereocenters. The van der Waals surface area contributed by atoms with Crippen LogP contribution in [-0.4, -0.2) is 29.3 Å². The lowest BCUT2D eigenvalue weighted by Crippen LogP contribution is -2.47. The molecule has 1 aliphatic carbocycles. The van der Waals surface area contributed by atoms with Gasteiger partial charge in [0, 0.05) is 17.5 Å². The number of carbonyl (C=O) groups is 2. The van der Waals surface area contributed by atoms with Crippen molar-refractivity contribution in [2.45, 2.75) is 70.9 Å². The SMILES string of the molecule is CCCCN(C(=O)Cc1cccs1)[C@@H](C(=O)NC1CCCC1)c1ccccc1C. The van der Waals surface area contributed by atoms with Gasteiger partial charge in [0.25, 0.3) is 0 Å². The van der Waals surface area contributed by atoms with Crippen LogP contribution in [0.4, 0.5) is 0 Å². The normalized spacial score (nSPS) is 15.2. The topological polar surface area (TPSA) is 49.4 Å². The maximum atomic E-state index is 13.5. The number of carbonyl (C=O) groups excluding carboxylic acids is 2. The van der Waals surface area contributed by atoms with Crippen LogP contribution in [0.5, 0.6) is 0 Å². The first-order chi connectivity index (χ1) is 14.1. The van der Waals surface area contributed by atoms with Gasteiger partial charge in [0.05, 0.1) is 6.42 Å². The summed E-state index contributed by atoms with van der Waals surface area (Å²) >= 11 is 1.59. The van der Waals surface area contributed by atoms with Crippen molar-refractivity contribution >= 4 is 23.2 Å². The summed E-state index contributed by atoms with van der Waals surface area (Å²) in [6, 6.07) is 11.6. The van der Waals surface area contributed by atoms with Crippen molar-refractivity contribution in [3.8, 4) is 0 Å². The van der Waals surface area contributed by atoms with Crippen LogP contribution in [0.3, 0.4) is 0 Å². The quantitative estimate of drug-likeness (QED) is 0.628. The third-order valence-electron chi connectivity index (χ3n) is 5.72. The summed E-state index contributed by atoms with van der Waals surface area (Å²) in [7, 11) is 0. The van der Waals surface area contributed by atoms with Gasteiger partial charge in [0.15, 0.2) is 0 Å².